The summed E-state index contributed by atoms with van der Waals surface area (Å²) in [4.78, 5) is 25.2. The van der Waals surface area contributed by atoms with Crippen LogP contribution in [0.25, 0.3) is 21.8 Å². The molecule has 8 nitrogen and oxygen atoms in total. The smallest absolute Gasteiger partial charge is 0.426 e. The number of carboxylic acid groups (broad SMARTS) is 1. The topological polar surface area (TPSA) is 114 Å². The van der Waals surface area contributed by atoms with Crippen LogP contribution >= 0.6 is 22.9 Å². The molecule has 1 N–H and O–H groups in total. The van der Waals surface area contributed by atoms with Gasteiger partial charge in [0.2, 0.25) is 0 Å². The molecule has 186 valence electrons. The molecule has 4 aromatic rings. The van der Waals surface area contributed by atoms with Crippen LogP contribution in [0.15, 0.2) is 75.4 Å². The lowest BCUT2D eigenvalue weighted by Gasteiger charge is -2.18. The number of amides is 1. The number of furan rings is 1. The highest BCUT2D eigenvalue weighted by Crippen LogP contribution is 2.40. The first-order valence-electron chi connectivity index (χ1n) is 10.6. The van der Waals surface area contributed by atoms with Gasteiger partial charge in [-0.15, -0.1) is 11.3 Å². The average Bonchev–Trinajstić information content (AvgIpc) is 3.45. The number of sulfonamides is 1. The summed E-state index contributed by atoms with van der Waals surface area (Å²) < 4.78 is 39.0. The standard InChI is InChI=1S/C25H20ClNO7S2/c1-3-33-24(28)21-15(2)34-22(17-9-11-18(26)12-10-17)23(21)36(31,32)27(25(29)30)19-13-20(35-14-19)16-7-5-4-6-8-16/h4-14H,3H2,1-2H3,(H,29,30). The van der Waals surface area contributed by atoms with Crippen LogP contribution in [-0.2, 0) is 14.8 Å². The van der Waals surface area contributed by atoms with E-state index in [1.54, 1.807) is 6.92 Å². The zero-order chi connectivity index (χ0) is 26.0. The Labute approximate surface area is 216 Å². The fraction of sp³-hybridized carbons (Fsp3) is 0.120. The van der Waals surface area contributed by atoms with E-state index in [4.69, 9.17) is 20.8 Å². The number of benzene rings is 2. The van der Waals surface area contributed by atoms with Crippen molar-refractivity contribution >= 4 is 50.7 Å². The fourth-order valence-electron chi connectivity index (χ4n) is 3.63. The summed E-state index contributed by atoms with van der Waals surface area (Å²) in [5.74, 6) is -1.17. The SMILES string of the molecule is CCOC(=O)c1c(C)oc(-c2ccc(Cl)cc2)c1S(=O)(=O)N(C(=O)O)c1csc(-c2ccccc2)c1. The molecule has 2 aromatic carbocycles. The van der Waals surface area contributed by atoms with Gasteiger partial charge in [0.25, 0.3) is 10.0 Å². The third-order valence-corrected chi connectivity index (χ3v) is 8.15. The number of hydrogen-bond acceptors (Lipinski definition) is 7. The Morgan fingerprint density at radius 2 is 1.75 bits per heavy atom. The van der Waals surface area contributed by atoms with Gasteiger partial charge in [-0.2, -0.15) is 4.31 Å². The molecule has 36 heavy (non-hydrogen) atoms. The molecule has 0 aliphatic carbocycles. The summed E-state index contributed by atoms with van der Waals surface area (Å²) in [7, 11) is -4.87. The maximum absolute atomic E-state index is 14.0. The Hall–Kier alpha value is -3.60. The molecule has 0 saturated carbocycles. The predicted octanol–water partition coefficient (Wildman–Crippen LogP) is 6.69. The van der Waals surface area contributed by atoms with Crippen molar-refractivity contribution in [3.05, 3.63) is 82.4 Å². The Balaban J connectivity index is 1.93. The minimum absolute atomic E-state index is 0.0210. The number of hydrogen-bond donors (Lipinski definition) is 1. The van der Waals surface area contributed by atoms with E-state index in [9.17, 15) is 23.1 Å². The quantitative estimate of drug-likeness (QED) is 0.257. The minimum Gasteiger partial charge on any atom is -0.464 e. The first-order valence-corrected chi connectivity index (χ1v) is 13.3. The van der Waals surface area contributed by atoms with Crippen molar-refractivity contribution < 1.29 is 32.3 Å². The van der Waals surface area contributed by atoms with Crippen LogP contribution in [0.2, 0.25) is 5.02 Å². The van der Waals surface area contributed by atoms with E-state index in [1.165, 1.54) is 54.0 Å². The molecule has 0 atom stereocenters. The van der Waals surface area contributed by atoms with Crippen LogP contribution in [-0.4, -0.2) is 32.2 Å². The molecular formula is C25H20ClNO7S2. The van der Waals surface area contributed by atoms with Crippen LogP contribution in [0, 0.1) is 6.92 Å². The number of esters is 1. The number of halogens is 1. The third-order valence-electron chi connectivity index (χ3n) is 5.18. The second-order valence-electron chi connectivity index (χ2n) is 7.51. The van der Waals surface area contributed by atoms with Crippen molar-refractivity contribution in [3.8, 4) is 21.8 Å². The molecule has 0 aliphatic heterocycles. The number of thiophene rings is 1. The highest BCUT2D eigenvalue weighted by molar-refractivity contribution is 7.93. The fourth-order valence-corrected chi connectivity index (χ4v) is 6.36. The summed E-state index contributed by atoms with van der Waals surface area (Å²) in [5, 5.41) is 11.9. The lowest BCUT2D eigenvalue weighted by Crippen LogP contribution is -2.36. The van der Waals surface area contributed by atoms with Gasteiger partial charge >= 0.3 is 12.1 Å². The summed E-state index contributed by atoms with van der Waals surface area (Å²) >= 11 is 7.16. The summed E-state index contributed by atoms with van der Waals surface area (Å²) in [6.45, 7) is 2.96. The molecule has 2 aromatic heterocycles. The number of nitrogens with zero attached hydrogens (tertiary/aromatic N) is 1. The van der Waals surface area contributed by atoms with Gasteiger partial charge < -0.3 is 14.3 Å². The highest BCUT2D eigenvalue weighted by Gasteiger charge is 2.41. The Kier molecular flexibility index (Phi) is 7.21. The average molecular weight is 546 g/mol. The van der Waals surface area contributed by atoms with E-state index in [0.29, 0.717) is 9.90 Å². The van der Waals surface area contributed by atoms with Crippen LogP contribution in [0.5, 0.6) is 0 Å². The van der Waals surface area contributed by atoms with Crippen LogP contribution in [0.1, 0.15) is 23.0 Å². The second kappa shape index (κ2) is 10.2. The van der Waals surface area contributed by atoms with Gasteiger partial charge in [0.1, 0.15) is 16.2 Å². The highest BCUT2D eigenvalue weighted by atomic mass is 35.5. The zero-order valence-electron chi connectivity index (χ0n) is 19.1. The monoisotopic (exact) mass is 545 g/mol. The largest absolute Gasteiger partial charge is 0.464 e. The first kappa shape index (κ1) is 25.5. The predicted molar refractivity (Wildman–Crippen MR) is 137 cm³/mol. The number of carbonyl (C=O) groups excluding carboxylic acids is 1. The normalized spacial score (nSPS) is 11.3. The van der Waals surface area contributed by atoms with E-state index in [2.05, 4.69) is 0 Å². The molecule has 0 fully saturated rings. The number of rotatable bonds is 7. The van der Waals surface area contributed by atoms with Crippen molar-refractivity contribution in [1.29, 1.82) is 0 Å². The third kappa shape index (κ3) is 4.75. The summed E-state index contributed by atoms with van der Waals surface area (Å²) in [6, 6.07) is 16.7. The molecule has 0 radical (unpaired) electrons. The number of aryl methyl sites for hydroxylation is 1. The minimum atomic E-state index is -4.87. The molecule has 11 heteroatoms. The first-order chi connectivity index (χ1) is 17.1. The molecule has 0 spiro atoms. The van der Waals surface area contributed by atoms with E-state index in [0.717, 1.165) is 5.56 Å². The van der Waals surface area contributed by atoms with E-state index >= 15 is 0 Å². The van der Waals surface area contributed by atoms with Gasteiger partial charge in [0, 0.05) is 20.8 Å². The number of anilines is 1. The second-order valence-corrected chi connectivity index (χ2v) is 10.6. The molecule has 1 amide bonds. The Morgan fingerprint density at radius 3 is 2.36 bits per heavy atom. The van der Waals surface area contributed by atoms with Gasteiger partial charge in [-0.25, -0.2) is 18.0 Å². The van der Waals surface area contributed by atoms with Crippen molar-refractivity contribution in [2.75, 3.05) is 10.9 Å². The number of carbonyl (C=O) groups is 2. The number of ether oxygens (including phenoxy) is 1. The molecule has 4 rings (SSSR count). The molecule has 2 heterocycles. The summed E-state index contributed by atoms with van der Waals surface area (Å²) in [5.41, 5.74) is 0.621. The van der Waals surface area contributed by atoms with Crippen LogP contribution < -0.4 is 4.31 Å². The van der Waals surface area contributed by atoms with Crippen molar-refractivity contribution in [2.24, 2.45) is 0 Å². The maximum Gasteiger partial charge on any atom is 0.426 e. The van der Waals surface area contributed by atoms with Crippen molar-refractivity contribution in [1.82, 2.24) is 0 Å². The Bertz CT molecular complexity index is 1520. The lowest BCUT2D eigenvalue weighted by atomic mass is 10.1. The zero-order valence-corrected chi connectivity index (χ0v) is 21.5. The van der Waals surface area contributed by atoms with E-state index in [1.807, 2.05) is 30.3 Å². The van der Waals surface area contributed by atoms with E-state index < -0.39 is 27.0 Å². The van der Waals surface area contributed by atoms with Gasteiger partial charge in [-0.1, -0.05) is 41.9 Å². The Morgan fingerprint density at radius 1 is 1.08 bits per heavy atom. The van der Waals surface area contributed by atoms with Crippen molar-refractivity contribution in [2.45, 2.75) is 18.7 Å². The maximum atomic E-state index is 14.0. The van der Waals surface area contributed by atoms with Gasteiger partial charge in [0.05, 0.1) is 12.3 Å². The van der Waals surface area contributed by atoms with Gasteiger partial charge in [-0.05, 0) is 49.7 Å². The summed E-state index contributed by atoms with van der Waals surface area (Å²) in [6.07, 6.45) is -1.75. The van der Waals surface area contributed by atoms with Crippen LogP contribution in [0.4, 0.5) is 10.5 Å². The van der Waals surface area contributed by atoms with Gasteiger partial charge in [0.15, 0.2) is 5.76 Å². The van der Waals surface area contributed by atoms with Crippen LogP contribution in [0.3, 0.4) is 0 Å². The van der Waals surface area contributed by atoms with Crippen molar-refractivity contribution in [3.63, 3.8) is 0 Å². The lowest BCUT2D eigenvalue weighted by molar-refractivity contribution is 0.0520. The van der Waals surface area contributed by atoms with Gasteiger partial charge in [-0.3, -0.25) is 0 Å². The molecule has 0 bridgehead atoms. The molecule has 0 aliphatic rings. The molecular weight excluding hydrogens is 526 g/mol. The molecule has 0 saturated heterocycles. The van der Waals surface area contributed by atoms with E-state index in [-0.39, 0.29) is 39.2 Å². The molecule has 0 unspecified atom stereocenters.